The summed E-state index contributed by atoms with van der Waals surface area (Å²) >= 11 is 0. The molecular weight excluding hydrogens is 250 g/mol. The average Bonchev–Trinajstić information content (AvgIpc) is 2.88. The van der Waals surface area contributed by atoms with E-state index in [-0.39, 0.29) is 0 Å². The van der Waals surface area contributed by atoms with E-state index >= 15 is 0 Å². The number of fused-ring (bicyclic) bond motifs is 2. The Morgan fingerprint density at radius 2 is 1.90 bits per heavy atom. The monoisotopic (exact) mass is 271 g/mol. The predicted octanol–water partition coefficient (Wildman–Crippen LogP) is 2.45. The Hall–Kier alpha value is -1.65. The van der Waals surface area contributed by atoms with Gasteiger partial charge in [-0.05, 0) is 43.7 Å². The number of hydrogen-bond donors (Lipinski definition) is 0. The van der Waals surface area contributed by atoms with Crippen molar-refractivity contribution in [3.8, 4) is 0 Å². The first-order chi connectivity index (χ1) is 9.81. The zero-order chi connectivity index (χ0) is 13.5. The lowest BCUT2D eigenvalue weighted by molar-refractivity contribution is 0.202. The van der Waals surface area contributed by atoms with Gasteiger partial charge in [0.05, 0.1) is 0 Å². The molecule has 0 spiro atoms. The van der Waals surface area contributed by atoms with E-state index in [1.54, 1.807) is 0 Å². The van der Waals surface area contributed by atoms with Gasteiger partial charge < -0.3 is 4.90 Å². The van der Waals surface area contributed by atoms with Gasteiger partial charge >= 0.3 is 0 Å². The minimum absolute atomic E-state index is 0.832. The summed E-state index contributed by atoms with van der Waals surface area (Å²) in [4.78, 5) is 2.45. The molecule has 20 heavy (non-hydrogen) atoms. The normalized spacial score (nSPS) is 26.8. The van der Waals surface area contributed by atoms with E-state index in [1.165, 1.54) is 38.6 Å². The van der Waals surface area contributed by atoms with Gasteiger partial charge in [-0.25, -0.2) is 0 Å². The zero-order valence-corrected chi connectivity index (χ0v) is 12.0. The van der Waals surface area contributed by atoms with Crippen molar-refractivity contribution in [2.75, 3.05) is 18.0 Å². The fraction of sp³-hybridized carbons (Fsp3) is 0.667. The molecule has 0 N–H and O–H groups in total. The molecule has 1 saturated carbocycles. The van der Waals surface area contributed by atoms with E-state index in [0.717, 1.165) is 35.7 Å². The van der Waals surface area contributed by atoms with Crippen LogP contribution in [0.1, 0.15) is 37.9 Å². The van der Waals surface area contributed by atoms with E-state index in [1.807, 2.05) is 17.5 Å². The van der Waals surface area contributed by atoms with Crippen molar-refractivity contribution >= 4 is 11.5 Å². The van der Waals surface area contributed by atoms with Crippen LogP contribution in [0.5, 0.6) is 0 Å². The standard InChI is InChI=1S/C15H21N5/c1-11-16-17-14-6-7-15(18-20(11)14)19-9-8-12-4-2-3-5-13(12)10-19/h6-7,12-13H,2-5,8-10H2,1H3/t12-,13+/m0/s1. The molecule has 106 valence electrons. The second-order valence-corrected chi connectivity index (χ2v) is 6.25. The number of aromatic nitrogens is 4. The van der Waals surface area contributed by atoms with Crippen LogP contribution in [0.2, 0.25) is 0 Å². The molecular formula is C15H21N5. The van der Waals surface area contributed by atoms with Crippen LogP contribution < -0.4 is 4.90 Å². The molecule has 2 aromatic heterocycles. The first kappa shape index (κ1) is 12.1. The molecule has 2 aromatic rings. The van der Waals surface area contributed by atoms with Crippen LogP contribution in [0.4, 0.5) is 5.82 Å². The smallest absolute Gasteiger partial charge is 0.178 e. The number of anilines is 1. The molecule has 0 unspecified atom stereocenters. The number of aryl methyl sites for hydroxylation is 1. The minimum atomic E-state index is 0.832. The van der Waals surface area contributed by atoms with Crippen LogP contribution in [-0.4, -0.2) is 32.9 Å². The van der Waals surface area contributed by atoms with Crippen LogP contribution in [0.15, 0.2) is 12.1 Å². The van der Waals surface area contributed by atoms with Crippen LogP contribution >= 0.6 is 0 Å². The number of hydrogen-bond acceptors (Lipinski definition) is 4. The molecule has 0 aromatic carbocycles. The molecule has 1 aliphatic heterocycles. The second kappa shape index (κ2) is 4.72. The Kier molecular flexibility index (Phi) is 2.86. The first-order valence-electron chi connectivity index (χ1n) is 7.75. The van der Waals surface area contributed by atoms with Gasteiger partial charge in [0, 0.05) is 13.1 Å². The molecule has 1 aliphatic carbocycles. The summed E-state index contributed by atoms with van der Waals surface area (Å²) < 4.78 is 1.85. The molecule has 0 amide bonds. The molecule has 5 heteroatoms. The Morgan fingerprint density at radius 1 is 1.05 bits per heavy atom. The van der Waals surface area contributed by atoms with Gasteiger partial charge in [0.25, 0.3) is 0 Å². The summed E-state index contributed by atoms with van der Waals surface area (Å²) in [5, 5.41) is 12.9. The van der Waals surface area contributed by atoms with Gasteiger partial charge in [0.1, 0.15) is 5.82 Å². The average molecular weight is 271 g/mol. The van der Waals surface area contributed by atoms with Crippen LogP contribution in [0, 0.1) is 18.8 Å². The van der Waals surface area contributed by atoms with Gasteiger partial charge in [-0.1, -0.05) is 19.3 Å². The first-order valence-corrected chi connectivity index (χ1v) is 7.75. The lowest BCUT2D eigenvalue weighted by Crippen LogP contribution is -2.42. The lowest BCUT2D eigenvalue weighted by Gasteiger charge is -2.41. The maximum atomic E-state index is 4.71. The molecule has 4 rings (SSSR count). The van der Waals surface area contributed by atoms with Gasteiger partial charge in [-0.15, -0.1) is 15.3 Å². The van der Waals surface area contributed by atoms with Crippen molar-refractivity contribution in [1.82, 2.24) is 19.8 Å². The highest BCUT2D eigenvalue weighted by Crippen LogP contribution is 2.37. The fourth-order valence-electron chi connectivity index (χ4n) is 3.86. The van der Waals surface area contributed by atoms with Crippen LogP contribution in [0.25, 0.3) is 5.65 Å². The molecule has 1 saturated heterocycles. The molecule has 2 fully saturated rings. The summed E-state index contributed by atoms with van der Waals surface area (Å²) in [7, 11) is 0. The van der Waals surface area contributed by atoms with E-state index in [0.29, 0.717) is 0 Å². The topological polar surface area (TPSA) is 46.3 Å². The van der Waals surface area contributed by atoms with Crippen molar-refractivity contribution in [1.29, 1.82) is 0 Å². The maximum absolute atomic E-state index is 4.71. The van der Waals surface area contributed by atoms with Crippen molar-refractivity contribution in [3.63, 3.8) is 0 Å². The maximum Gasteiger partial charge on any atom is 0.178 e. The minimum Gasteiger partial charge on any atom is -0.355 e. The third-order valence-electron chi connectivity index (χ3n) is 5.02. The van der Waals surface area contributed by atoms with Crippen LogP contribution in [-0.2, 0) is 0 Å². The van der Waals surface area contributed by atoms with Crippen LogP contribution in [0.3, 0.4) is 0 Å². The number of rotatable bonds is 1. The summed E-state index contributed by atoms with van der Waals surface area (Å²) in [6.45, 7) is 4.26. The molecule has 2 atom stereocenters. The Morgan fingerprint density at radius 3 is 2.80 bits per heavy atom. The van der Waals surface area contributed by atoms with Crippen molar-refractivity contribution in [2.45, 2.75) is 39.0 Å². The third-order valence-corrected chi connectivity index (χ3v) is 5.02. The van der Waals surface area contributed by atoms with E-state index < -0.39 is 0 Å². The van der Waals surface area contributed by atoms with Crippen molar-refractivity contribution < 1.29 is 0 Å². The summed E-state index contributed by atoms with van der Waals surface area (Å²) in [6, 6.07) is 4.11. The Labute approximate surface area is 119 Å². The largest absolute Gasteiger partial charge is 0.355 e. The molecule has 5 nitrogen and oxygen atoms in total. The highest BCUT2D eigenvalue weighted by Gasteiger charge is 2.31. The second-order valence-electron chi connectivity index (χ2n) is 6.25. The molecule has 0 radical (unpaired) electrons. The Balaban J connectivity index is 1.60. The third kappa shape index (κ3) is 1.96. The quantitative estimate of drug-likeness (QED) is 0.799. The number of piperidine rings is 1. The van der Waals surface area contributed by atoms with E-state index in [2.05, 4.69) is 21.2 Å². The van der Waals surface area contributed by atoms with Gasteiger partial charge in [-0.2, -0.15) is 4.52 Å². The SMILES string of the molecule is Cc1nnc2ccc(N3CC[C@@H]4CCCC[C@@H]4C3)nn12. The van der Waals surface area contributed by atoms with Gasteiger partial charge in [0.2, 0.25) is 0 Å². The van der Waals surface area contributed by atoms with E-state index in [4.69, 9.17) is 5.10 Å². The summed E-state index contributed by atoms with van der Waals surface area (Å²) in [6.07, 6.45) is 7.01. The lowest BCUT2D eigenvalue weighted by atomic mass is 9.75. The van der Waals surface area contributed by atoms with E-state index in [9.17, 15) is 0 Å². The summed E-state index contributed by atoms with van der Waals surface area (Å²) in [5.74, 6) is 3.76. The highest BCUT2D eigenvalue weighted by molar-refractivity contribution is 5.46. The fourth-order valence-corrected chi connectivity index (χ4v) is 3.86. The van der Waals surface area contributed by atoms with Gasteiger partial charge in [0.15, 0.2) is 11.5 Å². The molecule has 0 bridgehead atoms. The van der Waals surface area contributed by atoms with Crippen molar-refractivity contribution in [2.24, 2.45) is 11.8 Å². The summed E-state index contributed by atoms with van der Waals surface area (Å²) in [5.41, 5.74) is 0.832. The van der Waals surface area contributed by atoms with Gasteiger partial charge in [-0.3, -0.25) is 0 Å². The zero-order valence-electron chi connectivity index (χ0n) is 12.0. The van der Waals surface area contributed by atoms with Crippen molar-refractivity contribution in [3.05, 3.63) is 18.0 Å². The predicted molar refractivity (Wildman–Crippen MR) is 77.8 cm³/mol. The molecule has 3 heterocycles. The number of nitrogens with zero attached hydrogens (tertiary/aromatic N) is 5. The Bertz CT molecular complexity index is 620. The molecule has 2 aliphatic rings. The highest BCUT2D eigenvalue weighted by atomic mass is 15.4.